The molecule has 3 rings (SSSR count). The van der Waals surface area contributed by atoms with E-state index in [1.54, 1.807) is 0 Å². The number of thioether (sulfide) groups is 1. The van der Waals surface area contributed by atoms with Gasteiger partial charge in [0.25, 0.3) is 0 Å². The van der Waals surface area contributed by atoms with Crippen LogP contribution in [0.3, 0.4) is 0 Å². The first-order valence-electron chi connectivity index (χ1n) is 6.73. The van der Waals surface area contributed by atoms with E-state index in [1.165, 1.54) is 18.2 Å². The summed E-state index contributed by atoms with van der Waals surface area (Å²) in [7, 11) is 0. The quantitative estimate of drug-likeness (QED) is 0.856. The summed E-state index contributed by atoms with van der Waals surface area (Å²) in [5.41, 5.74) is 2.22. The van der Waals surface area contributed by atoms with E-state index in [2.05, 4.69) is 21.7 Å². The first-order valence-corrected chi connectivity index (χ1v) is 7.71. The van der Waals surface area contributed by atoms with E-state index in [9.17, 15) is 4.79 Å². The van der Waals surface area contributed by atoms with Crippen LogP contribution in [-0.4, -0.2) is 26.4 Å². The Morgan fingerprint density at radius 3 is 2.70 bits per heavy atom. The second-order valence-corrected chi connectivity index (χ2v) is 5.87. The Hall–Kier alpha value is -1.75. The van der Waals surface area contributed by atoms with Crippen molar-refractivity contribution in [1.29, 1.82) is 0 Å². The maximum absolute atomic E-state index is 10.8. The van der Waals surface area contributed by atoms with Crippen molar-refractivity contribution in [3.05, 3.63) is 36.5 Å². The van der Waals surface area contributed by atoms with Crippen LogP contribution in [0.2, 0.25) is 0 Å². The number of hydrogen-bond donors (Lipinski definition) is 1. The fourth-order valence-electron chi connectivity index (χ4n) is 2.40. The number of aliphatic carboxylic acids is 1. The smallest absolute Gasteiger partial charge is 0.313 e. The average molecular weight is 288 g/mol. The molecule has 0 unspecified atom stereocenters. The molecule has 1 aliphatic carbocycles. The molecule has 0 saturated heterocycles. The molecule has 1 N–H and O–H groups in total. The lowest BCUT2D eigenvalue weighted by Gasteiger charge is -2.30. The van der Waals surface area contributed by atoms with Crippen LogP contribution in [-0.2, 0) is 4.79 Å². The third-order valence-corrected chi connectivity index (χ3v) is 4.55. The van der Waals surface area contributed by atoms with Gasteiger partial charge in [-0.05, 0) is 24.8 Å². The van der Waals surface area contributed by atoms with Crippen molar-refractivity contribution < 1.29 is 9.90 Å². The molecule has 4 nitrogen and oxygen atoms in total. The van der Waals surface area contributed by atoms with Gasteiger partial charge in [-0.2, -0.15) is 0 Å². The molecule has 20 heavy (non-hydrogen) atoms. The Kier molecular flexibility index (Phi) is 3.78. The molecule has 0 atom stereocenters. The Bertz CT molecular complexity index is 606. The predicted molar refractivity (Wildman–Crippen MR) is 78.9 cm³/mol. The average Bonchev–Trinajstić information content (AvgIpc) is 2.79. The van der Waals surface area contributed by atoms with Gasteiger partial charge in [0, 0.05) is 6.04 Å². The SMILES string of the molecule is O=C(O)CSc1ncc(-c2ccccc2)n1C1CCC1. The van der Waals surface area contributed by atoms with Crippen molar-refractivity contribution in [2.75, 3.05) is 5.75 Å². The van der Waals surface area contributed by atoms with Crippen molar-refractivity contribution >= 4 is 17.7 Å². The lowest BCUT2D eigenvalue weighted by molar-refractivity contribution is -0.133. The first-order chi connectivity index (χ1) is 9.75. The largest absolute Gasteiger partial charge is 0.481 e. The molecular formula is C15H16N2O2S. The second-order valence-electron chi connectivity index (χ2n) is 4.93. The van der Waals surface area contributed by atoms with Crippen LogP contribution < -0.4 is 0 Å². The van der Waals surface area contributed by atoms with E-state index in [0.29, 0.717) is 6.04 Å². The van der Waals surface area contributed by atoms with E-state index >= 15 is 0 Å². The fourth-order valence-corrected chi connectivity index (χ4v) is 3.16. The molecule has 1 heterocycles. The highest BCUT2D eigenvalue weighted by molar-refractivity contribution is 7.99. The molecule has 0 amide bonds. The van der Waals surface area contributed by atoms with E-state index in [1.807, 2.05) is 24.4 Å². The van der Waals surface area contributed by atoms with Gasteiger partial charge in [-0.15, -0.1) is 0 Å². The highest BCUT2D eigenvalue weighted by Gasteiger charge is 2.25. The standard InChI is InChI=1S/C15H16N2O2S/c18-14(19)10-20-15-16-9-13(11-5-2-1-3-6-11)17(15)12-7-4-8-12/h1-3,5-6,9,12H,4,7-8,10H2,(H,18,19). The molecular weight excluding hydrogens is 272 g/mol. The van der Waals surface area contributed by atoms with E-state index in [0.717, 1.165) is 29.3 Å². The van der Waals surface area contributed by atoms with Crippen molar-refractivity contribution in [1.82, 2.24) is 9.55 Å². The molecule has 0 spiro atoms. The number of rotatable bonds is 5. The summed E-state index contributed by atoms with van der Waals surface area (Å²) in [5.74, 6) is -0.753. The predicted octanol–water partition coefficient (Wildman–Crippen LogP) is 3.45. The number of carboxylic acid groups (broad SMARTS) is 1. The summed E-state index contributed by atoms with van der Waals surface area (Å²) in [6.45, 7) is 0. The molecule has 5 heteroatoms. The Labute approximate surface area is 121 Å². The third kappa shape index (κ3) is 2.58. The Morgan fingerprint density at radius 1 is 1.35 bits per heavy atom. The van der Waals surface area contributed by atoms with Crippen molar-refractivity contribution in [2.24, 2.45) is 0 Å². The van der Waals surface area contributed by atoms with Gasteiger partial charge in [-0.3, -0.25) is 4.79 Å². The van der Waals surface area contributed by atoms with Gasteiger partial charge in [0.1, 0.15) is 0 Å². The summed E-state index contributed by atoms with van der Waals surface area (Å²) in [5, 5.41) is 9.66. The van der Waals surface area contributed by atoms with Gasteiger partial charge in [-0.1, -0.05) is 42.1 Å². The Morgan fingerprint density at radius 2 is 2.10 bits per heavy atom. The van der Waals surface area contributed by atoms with Gasteiger partial charge in [0.15, 0.2) is 5.16 Å². The molecule has 1 aromatic heterocycles. The van der Waals surface area contributed by atoms with Crippen LogP contribution in [0.5, 0.6) is 0 Å². The molecule has 0 bridgehead atoms. The van der Waals surface area contributed by atoms with Gasteiger partial charge in [0.2, 0.25) is 0 Å². The monoisotopic (exact) mass is 288 g/mol. The van der Waals surface area contributed by atoms with Crippen LogP contribution >= 0.6 is 11.8 Å². The molecule has 1 saturated carbocycles. The van der Waals surface area contributed by atoms with Crippen LogP contribution in [0.15, 0.2) is 41.7 Å². The fraction of sp³-hybridized carbons (Fsp3) is 0.333. The third-order valence-electron chi connectivity index (χ3n) is 3.60. The zero-order valence-corrected chi connectivity index (χ0v) is 11.8. The molecule has 0 radical (unpaired) electrons. The second kappa shape index (κ2) is 5.71. The lowest BCUT2D eigenvalue weighted by atomic mass is 9.92. The number of hydrogen-bond acceptors (Lipinski definition) is 3. The van der Waals surface area contributed by atoms with Gasteiger partial charge >= 0.3 is 5.97 Å². The minimum atomic E-state index is -0.806. The maximum atomic E-state index is 10.8. The number of carboxylic acids is 1. The van der Waals surface area contributed by atoms with E-state index in [-0.39, 0.29) is 5.75 Å². The number of benzene rings is 1. The van der Waals surface area contributed by atoms with Crippen LogP contribution in [0.1, 0.15) is 25.3 Å². The van der Waals surface area contributed by atoms with E-state index in [4.69, 9.17) is 5.11 Å². The zero-order valence-electron chi connectivity index (χ0n) is 11.0. The normalized spacial score (nSPS) is 15.0. The summed E-state index contributed by atoms with van der Waals surface area (Å²) >= 11 is 1.30. The summed E-state index contributed by atoms with van der Waals surface area (Å²) in [6.07, 6.45) is 5.39. The van der Waals surface area contributed by atoms with Gasteiger partial charge < -0.3 is 9.67 Å². The highest BCUT2D eigenvalue weighted by atomic mass is 32.2. The molecule has 104 valence electrons. The van der Waals surface area contributed by atoms with Crippen molar-refractivity contribution in [2.45, 2.75) is 30.5 Å². The lowest BCUT2D eigenvalue weighted by Crippen LogP contribution is -2.19. The molecule has 1 aliphatic rings. The minimum Gasteiger partial charge on any atom is -0.481 e. The summed E-state index contributed by atoms with van der Waals surface area (Å²) < 4.78 is 2.21. The molecule has 1 fully saturated rings. The van der Waals surface area contributed by atoms with E-state index < -0.39 is 5.97 Å². The minimum absolute atomic E-state index is 0.0535. The van der Waals surface area contributed by atoms with Crippen molar-refractivity contribution in [3.63, 3.8) is 0 Å². The van der Waals surface area contributed by atoms with Crippen LogP contribution in [0.4, 0.5) is 0 Å². The van der Waals surface area contributed by atoms with Gasteiger partial charge in [-0.25, -0.2) is 4.98 Å². The number of imidazole rings is 1. The highest BCUT2D eigenvalue weighted by Crippen LogP contribution is 2.39. The first kappa shape index (κ1) is 13.2. The number of aromatic nitrogens is 2. The number of carbonyl (C=O) groups is 1. The Balaban J connectivity index is 1.95. The van der Waals surface area contributed by atoms with Crippen LogP contribution in [0.25, 0.3) is 11.3 Å². The molecule has 1 aromatic carbocycles. The van der Waals surface area contributed by atoms with Crippen LogP contribution in [0, 0.1) is 0 Å². The summed E-state index contributed by atoms with van der Waals surface area (Å²) in [4.78, 5) is 15.2. The topological polar surface area (TPSA) is 55.1 Å². The van der Waals surface area contributed by atoms with Crippen molar-refractivity contribution in [3.8, 4) is 11.3 Å². The zero-order chi connectivity index (χ0) is 13.9. The summed E-state index contributed by atoms with van der Waals surface area (Å²) in [6, 6.07) is 10.6. The maximum Gasteiger partial charge on any atom is 0.313 e. The molecule has 2 aromatic rings. The number of nitrogens with zero attached hydrogens (tertiary/aromatic N) is 2. The van der Waals surface area contributed by atoms with Gasteiger partial charge in [0.05, 0.1) is 17.6 Å². The molecule has 0 aliphatic heterocycles.